The van der Waals surface area contributed by atoms with Crippen molar-refractivity contribution in [3.8, 4) is 17.1 Å². The normalized spacial score (nSPS) is 10.9. The molecule has 0 aliphatic heterocycles. The first-order valence-electron chi connectivity index (χ1n) is 6.24. The molecule has 3 aromatic rings. The van der Waals surface area contributed by atoms with Gasteiger partial charge in [0.1, 0.15) is 11.6 Å². The predicted molar refractivity (Wildman–Crippen MR) is 83.7 cm³/mol. The topological polar surface area (TPSA) is 63.9 Å². The van der Waals surface area contributed by atoms with Gasteiger partial charge in [-0.25, -0.2) is 4.98 Å². The minimum absolute atomic E-state index is 0.526. The molecule has 0 amide bonds. The predicted octanol–water partition coefficient (Wildman–Crippen LogP) is 3.46. The number of benzene rings is 2. The van der Waals surface area contributed by atoms with E-state index < -0.39 is 0 Å². The second-order valence-electron chi connectivity index (χ2n) is 4.49. The van der Waals surface area contributed by atoms with Crippen LogP contribution in [0.2, 0.25) is 0 Å². The van der Waals surface area contributed by atoms with Crippen molar-refractivity contribution >= 4 is 27.0 Å². The van der Waals surface area contributed by atoms with Crippen molar-refractivity contribution in [2.45, 2.75) is 6.54 Å². The Hall–Kier alpha value is -1.85. The van der Waals surface area contributed by atoms with Crippen LogP contribution in [0.15, 0.2) is 40.9 Å². The number of nitrogens with one attached hydrogen (secondary N) is 1. The molecule has 5 heteroatoms. The quantitative estimate of drug-likeness (QED) is 0.772. The van der Waals surface area contributed by atoms with E-state index >= 15 is 0 Å². The molecular weight excluding hydrogens is 318 g/mol. The molecule has 0 fully saturated rings. The highest BCUT2D eigenvalue weighted by Gasteiger charge is 2.08. The van der Waals surface area contributed by atoms with E-state index in [1.165, 1.54) is 0 Å². The van der Waals surface area contributed by atoms with Crippen LogP contribution in [-0.4, -0.2) is 17.1 Å². The molecule has 0 saturated heterocycles. The van der Waals surface area contributed by atoms with Gasteiger partial charge in [0.15, 0.2) is 0 Å². The Balaban J connectivity index is 2.07. The highest BCUT2D eigenvalue weighted by molar-refractivity contribution is 9.10. The number of nitrogens with zero attached hydrogens (tertiary/aromatic N) is 1. The lowest BCUT2D eigenvalue weighted by molar-refractivity contribution is 0.412. The summed E-state index contributed by atoms with van der Waals surface area (Å²) >= 11 is 3.49. The van der Waals surface area contributed by atoms with E-state index in [0.717, 1.165) is 38.2 Å². The smallest absolute Gasteiger partial charge is 0.138 e. The molecule has 0 bridgehead atoms. The molecule has 0 saturated carbocycles. The molecule has 0 unspecified atom stereocenters. The minimum atomic E-state index is 0.526. The summed E-state index contributed by atoms with van der Waals surface area (Å²) in [6.45, 7) is 0.526. The van der Waals surface area contributed by atoms with E-state index in [0.29, 0.717) is 6.54 Å². The van der Waals surface area contributed by atoms with Gasteiger partial charge in [-0.3, -0.25) is 0 Å². The number of H-pyrrole nitrogens is 1. The second kappa shape index (κ2) is 5.26. The van der Waals surface area contributed by atoms with Crippen LogP contribution in [0.3, 0.4) is 0 Å². The number of aromatic amines is 1. The largest absolute Gasteiger partial charge is 0.496 e. The van der Waals surface area contributed by atoms with Gasteiger partial charge in [0, 0.05) is 12.1 Å². The maximum Gasteiger partial charge on any atom is 0.138 e. The number of aromatic nitrogens is 2. The van der Waals surface area contributed by atoms with E-state index in [9.17, 15) is 0 Å². The Morgan fingerprint density at radius 2 is 2.10 bits per heavy atom. The number of hydrogen-bond acceptors (Lipinski definition) is 3. The standard InChI is InChI=1S/C15H14BrN3O/c1-20-14-5-3-10(7-11(14)16)15-18-12-4-2-9(8-17)6-13(12)19-15/h2-7H,8,17H2,1H3,(H,18,19). The van der Waals surface area contributed by atoms with E-state index in [1.54, 1.807) is 7.11 Å². The van der Waals surface area contributed by atoms with Crippen molar-refractivity contribution < 1.29 is 4.74 Å². The molecule has 2 aromatic carbocycles. The Labute approximate surface area is 125 Å². The third kappa shape index (κ3) is 2.30. The third-order valence-corrected chi connectivity index (χ3v) is 3.83. The highest BCUT2D eigenvalue weighted by atomic mass is 79.9. The summed E-state index contributed by atoms with van der Waals surface area (Å²) in [7, 11) is 1.65. The SMILES string of the molecule is COc1ccc(-c2nc3ccc(CN)cc3[nH]2)cc1Br. The van der Waals surface area contributed by atoms with Crippen molar-refractivity contribution in [2.75, 3.05) is 7.11 Å². The van der Waals surface area contributed by atoms with Gasteiger partial charge in [-0.05, 0) is 51.8 Å². The second-order valence-corrected chi connectivity index (χ2v) is 5.34. The van der Waals surface area contributed by atoms with E-state index in [-0.39, 0.29) is 0 Å². The van der Waals surface area contributed by atoms with Crippen LogP contribution in [0.4, 0.5) is 0 Å². The van der Waals surface area contributed by atoms with Crippen LogP contribution in [0.5, 0.6) is 5.75 Å². The zero-order valence-electron chi connectivity index (χ0n) is 11.0. The summed E-state index contributed by atoms with van der Waals surface area (Å²) in [5.74, 6) is 1.63. The van der Waals surface area contributed by atoms with Gasteiger partial charge < -0.3 is 15.5 Å². The summed E-state index contributed by atoms with van der Waals surface area (Å²) in [6.07, 6.45) is 0. The average Bonchev–Trinajstić information content (AvgIpc) is 2.89. The maximum absolute atomic E-state index is 5.66. The number of rotatable bonds is 3. The van der Waals surface area contributed by atoms with Crippen molar-refractivity contribution in [3.63, 3.8) is 0 Å². The number of imidazole rings is 1. The van der Waals surface area contributed by atoms with Crippen molar-refractivity contribution in [2.24, 2.45) is 5.73 Å². The fraction of sp³-hybridized carbons (Fsp3) is 0.133. The van der Waals surface area contributed by atoms with E-state index in [2.05, 4.69) is 25.9 Å². The molecule has 1 heterocycles. The van der Waals surface area contributed by atoms with E-state index in [4.69, 9.17) is 10.5 Å². The average molecular weight is 332 g/mol. The van der Waals surface area contributed by atoms with Crippen LogP contribution < -0.4 is 10.5 Å². The van der Waals surface area contributed by atoms with Gasteiger partial charge in [-0.2, -0.15) is 0 Å². The maximum atomic E-state index is 5.66. The lowest BCUT2D eigenvalue weighted by Crippen LogP contribution is -1.95. The summed E-state index contributed by atoms with van der Waals surface area (Å²) in [5, 5.41) is 0. The van der Waals surface area contributed by atoms with Gasteiger partial charge >= 0.3 is 0 Å². The van der Waals surface area contributed by atoms with Crippen LogP contribution >= 0.6 is 15.9 Å². The number of methoxy groups -OCH3 is 1. The van der Waals surface area contributed by atoms with Gasteiger partial charge in [0.2, 0.25) is 0 Å². The Morgan fingerprint density at radius 3 is 2.80 bits per heavy atom. The Bertz CT molecular complexity index is 767. The fourth-order valence-corrected chi connectivity index (χ4v) is 2.67. The molecule has 3 rings (SSSR count). The van der Waals surface area contributed by atoms with Crippen LogP contribution in [-0.2, 0) is 6.54 Å². The van der Waals surface area contributed by atoms with Crippen LogP contribution in [0, 0.1) is 0 Å². The Morgan fingerprint density at radius 1 is 1.25 bits per heavy atom. The van der Waals surface area contributed by atoms with Crippen LogP contribution in [0.25, 0.3) is 22.4 Å². The van der Waals surface area contributed by atoms with Gasteiger partial charge in [-0.15, -0.1) is 0 Å². The number of hydrogen-bond donors (Lipinski definition) is 2. The molecule has 0 aliphatic rings. The first-order chi connectivity index (χ1) is 9.71. The first-order valence-corrected chi connectivity index (χ1v) is 7.03. The zero-order chi connectivity index (χ0) is 14.1. The monoisotopic (exact) mass is 331 g/mol. The summed E-state index contributed by atoms with van der Waals surface area (Å²) in [5.41, 5.74) is 9.68. The van der Waals surface area contributed by atoms with Gasteiger partial charge in [0.25, 0.3) is 0 Å². The lowest BCUT2D eigenvalue weighted by Gasteiger charge is -2.04. The van der Waals surface area contributed by atoms with Crippen molar-refractivity contribution in [1.29, 1.82) is 0 Å². The number of fused-ring (bicyclic) bond motifs is 1. The summed E-state index contributed by atoms with van der Waals surface area (Å²) in [4.78, 5) is 7.92. The lowest BCUT2D eigenvalue weighted by atomic mass is 10.2. The third-order valence-electron chi connectivity index (χ3n) is 3.21. The summed E-state index contributed by atoms with van der Waals surface area (Å²) in [6, 6.07) is 11.9. The molecule has 0 aliphatic carbocycles. The summed E-state index contributed by atoms with van der Waals surface area (Å²) < 4.78 is 6.14. The molecular formula is C15H14BrN3O. The minimum Gasteiger partial charge on any atom is -0.496 e. The molecule has 0 radical (unpaired) electrons. The fourth-order valence-electron chi connectivity index (χ4n) is 2.13. The molecule has 4 nitrogen and oxygen atoms in total. The van der Waals surface area contributed by atoms with Crippen molar-refractivity contribution in [3.05, 3.63) is 46.4 Å². The molecule has 1 aromatic heterocycles. The Kier molecular flexibility index (Phi) is 3.46. The number of nitrogens with two attached hydrogens (primary N) is 1. The molecule has 0 atom stereocenters. The molecule has 102 valence electrons. The molecule has 3 N–H and O–H groups in total. The highest BCUT2D eigenvalue weighted by Crippen LogP contribution is 2.30. The molecule has 0 spiro atoms. The number of halogens is 1. The van der Waals surface area contributed by atoms with Crippen LogP contribution in [0.1, 0.15) is 5.56 Å². The van der Waals surface area contributed by atoms with Gasteiger partial charge in [0.05, 0.1) is 22.6 Å². The van der Waals surface area contributed by atoms with Gasteiger partial charge in [-0.1, -0.05) is 6.07 Å². The number of ether oxygens (including phenoxy) is 1. The van der Waals surface area contributed by atoms with E-state index in [1.807, 2.05) is 36.4 Å². The molecule has 20 heavy (non-hydrogen) atoms. The zero-order valence-corrected chi connectivity index (χ0v) is 12.6. The first kappa shape index (κ1) is 13.1. The van der Waals surface area contributed by atoms with Crippen molar-refractivity contribution in [1.82, 2.24) is 9.97 Å².